The Morgan fingerprint density at radius 2 is 2.12 bits per heavy atom. The Hall–Kier alpha value is -2.70. The summed E-state index contributed by atoms with van der Waals surface area (Å²) in [5, 5.41) is 17.9. The number of carbonyl (C=O) groups excluding carboxylic acids is 1. The van der Waals surface area contributed by atoms with E-state index in [-0.39, 0.29) is 10.8 Å². The monoisotopic (exact) mass is 328 g/mol. The number of hydrogen-bond donors (Lipinski definition) is 1. The van der Waals surface area contributed by atoms with Gasteiger partial charge in [0.15, 0.2) is 0 Å². The summed E-state index contributed by atoms with van der Waals surface area (Å²) in [5.41, 5.74) is 4.16. The lowest BCUT2D eigenvalue weighted by Crippen LogP contribution is -2.26. The second-order valence-corrected chi connectivity index (χ2v) is 6.32. The summed E-state index contributed by atoms with van der Waals surface area (Å²) in [6, 6.07) is 9.25. The van der Waals surface area contributed by atoms with E-state index in [1.165, 1.54) is 0 Å². The molecular formula is C17H20N4O3. The van der Waals surface area contributed by atoms with Gasteiger partial charge in [-0.2, -0.15) is 5.10 Å². The van der Waals surface area contributed by atoms with Gasteiger partial charge >= 0.3 is 0 Å². The molecule has 0 unspecified atom stereocenters. The van der Waals surface area contributed by atoms with E-state index in [9.17, 15) is 14.9 Å². The molecule has 126 valence electrons. The van der Waals surface area contributed by atoms with Crippen molar-refractivity contribution in [1.29, 1.82) is 0 Å². The smallest absolute Gasteiger partial charge is 0.230 e. The third-order valence-electron chi connectivity index (χ3n) is 4.26. The maximum atomic E-state index is 11.9. The summed E-state index contributed by atoms with van der Waals surface area (Å²) in [5.74, 6) is -0.710. The van der Waals surface area contributed by atoms with Crippen LogP contribution >= 0.6 is 0 Å². The van der Waals surface area contributed by atoms with Gasteiger partial charge in [0.05, 0.1) is 12.2 Å². The normalized spacial score (nSPS) is 19.1. The van der Waals surface area contributed by atoms with Gasteiger partial charge in [0, 0.05) is 23.6 Å². The Bertz CT molecular complexity index is 784. The lowest BCUT2D eigenvalue weighted by Gasteiger charge is -2.08. The van der Waals surface area contributed by atoms with Gasteiger partial charge in [-0.1, -0.05) is 24.3 Å². The number of aromatic nitrogens is 2. The highest BCUT2D eigenvalue weighted by atomic mass is 16.6. The van der Waals surface area contributed by atoms with Crippen molar-refractivity contribution in [3.63, 3.8) is 0 Å². The van der Waals surface area contributed by atoms with Gasteiger partial charge in [0.1, 0.15) is 5.92 Å². The zero-order valence-electron chi connectivity index (χ0n) is 13.7. The first-order valence-corrected chi connectivity index (χ1v) is 7.94. The zero-order valence-corrected chi connectivity index (χ0v) is 13.7. The molecule has 7 heteroatoms. The maximum Gasteiger partial charge on any atom is 0.230 e. The molecule has 0 bridgehead atoms. The molecule has 3 rings (SSSR count). The van der Waals surface area contributed by atoms with Crippen molar-refractivity contribution < 1.29 is 9.72 Å². The van der Waals surface area contributed by atoms with E-state index in [1.807, 2.05) is 48.9 Å². The lowest BCUT2D eigenvalue weighted by molar-refractivity contribution is -0.497. The first-order chi connectivity index (χ1) is 11.4. The highest BCUT2D eigenvalue weighted by Crippen LogP contribution is 2.33. The number of nitrogens with zero attached hydrogens (tertiary/aromatic N) is 3. The van der Waals surface area contributed by atoms with Crippen LogP contribution in [0, 0.1) is 29.9 Å². The Morgan fingerprint density at radius 3 is 2.75 bits per heavy atom. The quantitative estimate of drug-likeness (QED) is 0.647. The number of nitro groups is 1. The Labute approximate surface area is 139 Å². The number of aryl methyl sites for hydroxylation is 2. The Kier molecular flexibility index (Phi) is 4.33. The molecule has 1 saturated carbocycles. The van der Waals surface area contributed by atoms with Crippen LogP contribution in [-0.2, 0) is 17.9 Å². The van der Waals surface area contributed by atoms with Crippen molar-refractivity contribution >= 4 is 5.91 Å². The average Bonchev–Trinajstić information content (AvgIpc) is 3.27. The van der Waals surface area contributed by atoms with E-state index in [1.54, 1.807) is 0 Å². The van der Waals surface area contributed by atoms with Crippen LogP contribution in [0.2, 0.25) is 0 Å². The third-order valence-corrected chi connectivity index (χ3v) is 4.26. The van der Waals surface area contributed by atoms with Gasteiger partial charge in [-0.05, 0) is 31.0 Å². The average molecular weight is 328 g/mol. The van der Waals surface area contributed by atoms with E-state index in [0.717, 1.165) is 22.5 Å². The molecule has 1 amide bonds. The highest BCUT2D eigenvalue weighted by Gasteiger charge is 2.53. The van der Waals surface area contributed by atoms with Crippen LogP contribution in [0.25, 0.3) is 0 Å². The second-order valence-electron chi connectivity index (χ2n) is 6.32. The van der Waals surface area contributed by atoms with Crippen LogP contribution in [0.1, 0.15) is 28.9 Å². The van der Waals surface area contributed by atoms with Crippen LogP contribution in [0.15, 0.2) is 30.3 Å². The molecule has 0 saturated heterocycles. The largest absolute Gasteiger partial charge is 0.352 e. The van der Waals surface area contributed by atoms with E-state index in [0.29, 0.717) is 19.5 Å². The molecule has 1 aliphatic carbocycles. The topological polar surface area (TPSA) is 90.1 Å². The van der Waals surface area contributed by atoms with Crippen molar-refractivity contribution in [3.8, 4) is 0 Å². The predicted molar refractivity (Wildman–Crippen MR) is 88.0 cm³/mol. The molecule has 1 aromatic heterocycles. The fourth-order valence-corrected chi connectivity index (χ4v) is 2.86. The molecule has 2 atom stereocenters. The van der Waals surface area contributed by atoms with Gasteiger partial charge in [-0.25, -0.2) is 0 Å². The summed E-state index contributed by atoms with van der Waals surface area (Å²) < 4.78 is 1.94. The van der Waals surface area contributed by atoms with Crippen molar-refractivity contribution in [2.45, 2.75) is 39.4 Å². The number of amides is 1. The Morgan fingerprint density at radius 1 is 1.38 bits per heavy atom. The molecule has 1 N–H and O–H groups in total. The number of rotatable bonds is 6. The summed E-state index contributed by atoms with van der Waals surface area (Å²) >= 11 is 0. The second kappa shape index (κ2) is 6.43. The first kappa shape index (κ1) is 16.2. The number of nitrogens with one attached hydrogen (secondary N) is 1. The molecule has 1 aliphatic rings. The van der Waals surface area contributed by atoms with Gasteiger partial charge in [-0.3, -0.25) is 19.6 Å². The van der Waals surface area contributed by atoms with Gasteiger partial charge in [-0.15, -0.1) is 0 Å². The first-order valence-electron chi connectivity index (χ1n) is 7.94. The summed E-state index contributed by atoms with van der Waals surface area (Å²) in [4.78, 5) is 22.1. The predicted octanol–water partition coefficient (Wildman–Crippen LogP) is 1.83. The minimum absolute atomic E-state index is 0.236. The summed E-state index contributed by atoms with van der Waals surface area (Å²) in [6.07, 6.45) is 0.344. The van der Waals surface area contributed by atoms with E-state index >= 15 is 0 Å². The standard InChI is InChI=1S/C17H20N4O3/c1-11-6-12(2)20(19-11)10-14-5-3-4-13(7-14)9-18-17(22)15-8-16(15)21(23)24/h3-7,15-16H,8-10H2,1-2H3,(H,18,22)/t15-,16+/m0/s1. The van der Waals surface area contributed by atoms with Crippen molar-refractivity contribution in [1.82, 2.24) is 15.1 Å². The molecule has 0 aliphatic heterocycles. The van der Waals surface area contributed by atoms with E-state index in [2.05, 4.69) is 10.4 Å². The zero-order chi connectivity index (χ0) is 17.3. The fourth-order valence-electron chi connectivity index (χ4n) is 2.86. The minimum atomic E-state index is -0.706. The molecular weight excluding hydrogens is 308 g/mol. The fraction of sp³-hybridized carbons (Fsp3) is 0.412. The lowest BCUT2D eigenvalue weighted by atomic mass is 10.1. The highest BCUT2D eigenvalue weighted by molar-refractivity contribution is 5.81. The molecule has 1 fully saturated rings. The molecule has 7 nitrogen and oxygen atoms in total. The summed E-state index contributed by atoms with van der Waals surface area (Å²) in [6.45, 7) is 5.04. The molecule has 1 heterocycles. The summed E-state index contributed by atoms with van der Waals surface area (Å²) in [7, 11) is 0. The number of carbonyl (C=O) groups is 1. The molecule has 2 aromatic rings. The van der Waals surface area contributed by atoms with Gasteiger partial charge in [0.25, 0.3) is 0 Å². The number of hydrogen-bond acceptors (Lipinski definition) is 4. The van der Waals surface area contributed by atoms with Crippen LogP contribution in [0.3, 0.4) is 0 Å². The molecule has 0 spiro atoms. The van der Waals surface area contributed by atoms with Crippen molar-refractivity contribution in [2.75, 3.05) is 0 Å². The SMILES string of the molecule is Cc1cc(C)n(Cc2cccc(CNC(=O)[C@H]3C[C@H]3[N+](=O)[O-])c2)n1. The third kappa shape index (κ3) is 3.61. The molecule has 0 radical (unpaired) electrons. The van der Waals surface area contributed by atoms with Gasteiger partial charge in [0.2, 0.25) is 11.9 Å². The van der Waals surface area contributed by atoms with Crippen LogP contribution in [0.5, 0.6) is 0 Å². The van der Waals surface area contributed by atoms with Crippen molar-refractivity contribution in [3.05, 3.63) is 63.0 Å². The van der Waals surface area contributed by atoms with Crippen LogP contribution in [0.4, 0.5) is 0 Å². The maximum absolute atomic E-state index is 11.9. The van der Waals surface area contributed by atoms with E-state index < -0.39 is 12.0 Å². The molecule has 1 aromatic carbocycles. The minimum Gasteiger partial charge on any atom is -0.352 e. The van der Waals surface area contributed by atoms with Crippen LogP contribution < -0.4 is 5.32 Å². The van der Waals surface area contributed by atoms with Gasteiger partial charge < -0.3 is 5.32 Å². The Balaban J connectivity index is 1.58. The molecule has 24 heavy (non-hydrogen) atoms. The van der Waals surface area contributed by atoms with Crippen LogP contribution in [-0.4, -0.2) is 26.7 Å². The van der Waals surface area contributed by atoms with Crippen molar-refractivity contribution in [2.24, 2.45) is 5.92 Å². The number of benzene rings is 1. The van der Waals surface area contributed by atoms with E-state index in [4.69, 9.17) is 0 Å².